The van der Waals surface area contributed by atoms with E-state index in [0.717, 1.165) is 5.56 Å². The zero-order valence-electron chi connectivity index (χ0n) is 15.5. The van der Waals surface area contributed by atoms with Gasteiger partial charge in [-0.25, -0.2) is 12.8 Å². The van der Waals surface area contributed by atoms with Gasteiger partial charge in [-0.1, -0.05) is 17.7 Å². The number of hydrogen-bond donors (Lipinski definition) is 1. The van der Waals surface area contributed by atoms with Gasteiger partial charge in [0.2, 0.25) is 10.0 Å². The number of hydrogen-bond acceptors (Lipinski definition) is 5. The maximum absolute atomic E-state index is 13.0. The van der Waals surface area contributed by atoms with Crippen molar-refractivity contribution in [2.75, 3.05) is 24.6 Å². The van der Waals surface area contributed by atoms with E-state index in [-0.39, 0.29) is 4.90 Å². The molecule has 0 aliphatic heterocycles. The largest absolute Gasteiger partial charge is 0.455 e. The van der Waals surface area contributed by atoms with E-state index in [1.807, 2.05) is 6.92 Å². The third-order valence-corrected chi connectivity index (χ3v) is 5.27. The molecule has 2 aromatic carbocycles. The molecule has 7 nitrogen and oxygen atoms in total. The lowest BCUT2D eigenvalue weighted by atomic mass is 10.2. The first-order valence-corrected chi connectivity index (χ1v) is 9.99. The Kier molecular flexibility index (Phi) is 7.24. The van der Waals surface area contributed by atoms with Gasteiger partial charge in [0.1, 0.15) is 12.4 Å². The topological polar surface area (TPSA) is 92.8 Å². The fourth-order valence-corrected chi connectivity index (χ4v) is 3.32. The number of anilines is 1. The number of esters is 1. The molecular weight excluding hydrogens is 387 g/mol. The highest BCUT2D eigenvalue weighted by Crippen LogP contribution is 2.15. The van der Waals surface area contributed by atoms with Crippen molar-refractivity contribution < 1.29 is 27.1 Å². The van der Waals surface area contributed by atoms with Crippen molar-refractivity contribution in [3.63, 3.8) is 0 Å². The van der Waals surface area contributed by atoms with Crippen LogP contribution in [0.5, 0.6) is 0 Å². The number of halogens is 1. The Balaban J connectivity index is 1.88. The number of amides is 1. The van der Waals surface area contributed by atoms with Gasteiger partial charge >= 0.3 is 5.97 Å². The Labute approximate surface area is 163 Å². The quantitative estimate of drug-likeness (QED) is 0.675. The number of nitrogens with one attached hydrogen (secondary N) is 1. The molecule has 0 fully saturated rings. The second-order valence-electron chi connectivity index (χ2n) is 5.91. The molecule has 0 spiro atoms. The lowest BCUT2D eigenvalue weighted by Gasteiger charge is -2.20. The molecule has 0 atom stereocenters. The van der Waals surface area contributed by atoms with Gasteiger partial charge in [-0.05, 0) is 50.2 Å². The molecule has 0 heterocycles. The highest BCUT2D eigenvalue weighted by molar-refractivity contribution is 7.89. The van der Waals surface area contributed by atoms with E-state index < -0.39 is 40.9 Å². The minimum absolute atomic E-state index is 0.0236. The number of ether oxygens (including phenoxy) is 1. The normalized spacial score (nSPS) is 11.1. The van der Waals surface area contributed by atoms with Crippen molar-refractivity contribution in [2.45, 2.75) is 18.7 Å². The summed E-state index contributed by atoms with van der Waals surface area (Å²) in [5.41, 5.74) is 1.36. The van der Waals surface area contributed by atoms with Crippen molar-refractivity contribution >= 4 is 27.6 Å². The lowest BCUT2D eigenvalue weighted by molar-refractivity contribution is -0.146. The molecule has 0 aromatic heterocycles. The molecule has 150 valence electrons. The predicted molar refractivity (Wildman–Crippen MR) is 102 cm³/mol. The Morgan fingerprint density at radius 1 is 1.07 bits per heavy atom. The van der Waals surface area contributed by atoms with E-state index in [1.165, 1.54) is 41.3 Å². The van der Waals surface area contributed by atoms with Gasteiger partial charge in [0, 0.05) is 12.2 Å². The van der Waals surface area contributed by atoms with Gasteiger partial charge in [0.05, 0.1) is 4.90 Å². The SMILES string of the molecule is CCN(C(=O)COC(=O)CNS(=O)(=O)c1ccc(C)cc1)c1ccc(F)cc1. The molecular formula is C19H21FN2O5S. The molecule has 9 heteroatoms. The molecule has 0 unspecified atom stereocenters. The average molecular weight is 408 g/mol. The molecule has 0 bridgehead atoms. The smallest absolute Gasteiger partial charge is 0.321 e. The third kappa shape index (κ3) is 5.86. The second kappa shape index (κ2) is 9.43. The van der Waals surface area contributed by atoms with Crippen LogP contribution in [0, 0.1) is 12.7 Å². The first-order valence-electron chi connectivity index (χ1n) is 8.51. The number of sulfonamides is 1. The van der Waals surface area contributed by atoms with Crippen LogP contribution in [0.1, 0.15) is 12.5 Å². The first kappa shape index (κ1) is 21.5. The van der Waals surface area contributed by atoms with Crippen molar-refractivity contribution in [3.05, 3.63) is 59.9 Å². The standard InChI is InChI=1S/C19H21FN2O5S/c1-3-22(16-8-6-15(20)7-9-16)18(23)13-27-19(24)12-21-28(25,26)17-10-4-14(2)5-11-17/h4-11,21H,3,12-13H2,1-2H3. The van der Waals surface area contributed by atoms with Gasteiger partial charge < -0.3 is 9.64 Å². The summed E-state index contributed by atoms with van der Waals surface area (Å²) in [5, 5.41) is 0. The van der Waals surface area contributed by atoms with Gasteiger partial charge in [-0.2, -0.15) is 4.72 Å². The number of benzene rings is 2. The van der Waals surface area contributed by atoms with Crippen LogP contribution in [-0.2, 0) is 24.3 Å². The average Bonchev–Trinajstić information content (AvgIpc) is 2.67. The molecule has 0 radical (unpaired) electrons. The number of aryl methyl sites for hydroxylation is 1. The van der Waals surface area contributed by atoms with Gasteiger partial charge in [0.15, 0.2) is 6.61 Å². The molecule has 28 heavy (non-hydrogen) atoms. The monoisotopic (exact) mass is 408 g/mol. The van der Waals surface area contributed by atoms with E-state index in [1.54, 1.807) is 19.1 Å². The molecule has 2 rings (SSSR count). The van der Waals surface area contributed by atoms with Gasteiger partial charge in [-0.15, -0.1) is 0 Å². The summed E-state index contributed by atoms with van der Waals surface area (Å²) in [5.74, 6) is -1.83. The fourth-order valence-electron chi connectivity index (χ4n) is 2.35. The fraction of sp³-hybridized carbons (Fsp3) is 0.263. The Bertz CT molecular complexity index is 928. The van der Waals surface area contributed by atoms with Crippen LogP contribution in [-0.4, -0.2) is 40.0 Å². The lowest BCUT2D eigenvalue weighted by Crippen LogP contribution is -2.36. The second-order valence-corrected chi connectivity index (χ2v) is 7.68. The predicted octanol–water partition coefficient (Wildman–Crippen LogP) is 2.01. The molecule has 0 saturated carbocycles. The minimum Gasteiger partial charge on any atom is -0.455 e. The van der Waals surface area contributed by atoms with Crippen LogP contribution in [0.3, 0.4) is 0 Å². The van der Waals surface area contributed by atoms with E-state index in [2.05, 4.69) is 4.72 Å². The maximum atomic E-state index is 13.0. The van der Waals surface area contributed by atoms with E-state index in [4.69, 9.17) is 4.74 Å². The summed E-state index contributed by atoms with van der Waals surface area (Å²) in [6.07, 6.45) is 0. The molecule has 0 saturated heterocycles. The summed E-state index contributed by atoms with van der Waals surface area (Å²) >= 11 is 0. The summed E-state index contributed by atoms with van der Waals surface area (Å²) in [4.78, 5) is 25.4. The van der Waals surface area contributed by atoms with Crippen LogP contribution in [0.2, 0.25) is 0 Å². The van der Waals surface area contributed by atoms with Crippen LogP contribution in [0.15, 0.2) is 53.4 Å². The molecule has 0 aliphatic carbocycles. The molecule has 2 aromatic rings. The highest BCUT2D eigenvalue weighted by atomic mass is 32.2. The number of carbonyl (C=O) groups excluding carboxylic acids is 2. The number of carbonyl (C=O) groups is 2. The van der Waals surface area contributed by atoms with Crippen molar-refractivity contribution in [3.8, 4) is 0 Å². The van der Waals surface area contributed by atoms with E-state index in [0.29, 0.717) is 12.2 Å². The van der Waals surface area contributed by atoms with Crippen molar-refractivity contribution in [2.24, 2.45) is 0 Å². The van der Waals surface area contributed by atoms with Crippen LogP contribution >= 0.6 is 0 Å². The highest BCUT2D eigenvalue weighted by Gasteiger charge is 2.19. The summed E-state index contributed by atoms with van der Waals surface area (Å²) in [6, 6.07) is 11.4. The molecule has 1 amide bonds. The van der Waals surface area contributed by atoms with Gasteiger partial charge in [-0.3, -0.25) is 9.59 Å². The van der Waals surface area contributed by atoms with E-state index >= 15 is 0 Å². The first-order chi connectivity index (χ1) is 13.2. The zero-order valence-corrected chi connectivity index (χ0v) is 16.3. The number of nitrogens with zero attached hydrogens (tertiary/aromatic N) is 1. The van der Waals surface area contributed by atoms with Crippen LogP contribution < -0.4 is 9.62 Å². The Morgan fingerprint density at radius 2 is 1.68 bits per heavy atom. The Hall–Kier alpha value is -2.78. The van der Waals surface area contributed by atoms with Crippen molar-refractivity contribution in [1.82, 2.24) is 4.72 Å². The number of likely N-dealkylation sites (N-methyl/N-ethyl adjacent to an activating group) is 1. The van der Waals surface area contributed by atoms with E-state index in [9.17, 15) is 22.4 Å². The molecule has 1 N–H and O–H groups in total. The molecule has 0 aliphatic rings. The zero-order chi connectivity index (χ0) is 20.7. The summed E-state index contributed by atoms with van der Waals surface area (Å²) in [6.45, 7) is 2.67. The van der Waals surface area contributed by atoms with Crippen LogP contribution in [0.25, 0.3) is 0 Å². The summed E-state index contributed by atoms with van der Waals surface area (Å²) < 4.78 is 44.2. The van der Waals surface area contributed by atoms with Crippen molar-refractivity contribution in [1.29, 1.82) is 0 Å². The summed E-state index contributed by atoms with van der Waals surface area (Å²) in [7, 11) is -3.86. The third-order valence-electron chi connectivity index (χ3n) is 3.85. The van der Waals surface area contributed by atoms with Gasteiger partial charge in [0.25, 0.3) is 5.91 Å². The minimum atomic E-state index is -3.86. The Morgan fingerprint density at radius 3 is 2.25 bits per heavy atom. The number of rotatable bonds is 8. The maximum Gasteiger partial charge on any atom is 0.321 e. The van der Waals surface area contributed by atoms with Crippen LogP contribution in [0.4, 0.5) is 10.1 Å².